The van der Waals surface area contributed by atoms with Gasteiger partial charge in [0.1, 0.15) is 0 Å². The molecule has 0 radical (unpaired) electrons. The molecule has 1 aliphatic rings. The first kappa shape index (κ1) is 21.5. The molecule has 0 bridgehead atoms. The Bertz CT molecular complexity index is 508. The largest absolute Gasteiger partial charge is 0.505 e. The summed E-state index contributed by atoms with van der Waals surface area (Å²) in [6, 6.07) is 2.55. The summed E-state index contributed by atoms with van der Waals surface area (Å²) >= 11 is 6.20. The molecule has 0 aromatic heterocycles. The number of halogens is 4. The summed E-state index contributed by atoms with van der Waals surface area (Å²) in [5.41, 5.74) is 1.45. The van der Waals surface area contributed by atoms with Crippen molar-refractivity contribution in [1.29, 1.82) is 0 Å². The summed E-state index contributed by atoms with van der Waals surface area (Å²) in [5.74, 6) is -0.978. The van der Waals surface area contributed by atoms with E-state index in [9.17, 15) is 9.50 Å². The van der Waals surface area contributed by atoms with Crippen LogP contribution in [0.3, 0.4) is 0 Å². The van der Waals surface area contributed by atoms with E-state index >= 15 is 0 Å². The van der Waals surface area contributed by atoms with Crippen molar-refractivity contribution in [3.8, 4) is 5.75 Å². The average molecular weight is 372 g/mol. The van der Waals surface area contributed by atoms with Crippen LogP contribution < -0.4 is 5.32 Å². The van der Waals surface area contributed by atoms with Gasteiger partial charge in [-0.25, -0.2) is 4.39 Å². The normalized spacial score (nSPS) is 16.3. The van der Waals surface area contributed by atoms with Crippen LogP contribution >= 0.6 is 36.4 Å². The summed E-state index contributed by atoms with van der Waals surface area (Å²) in [7, 11) is 0. The highest BCUT2D eigenvalue weighted by atomic mass is 35.5. The number of phenolic OH excluding ortho intramolecular Hbond substituents is 1. The highest BCUT2D eigenvalue weighted by Gasteiger charge is 2.27. The fourth-order valence-corrected chi connectivity index (χ4v) is 2.89. The minimum absolute atomic E-state index is 0. The molecule has 0 amide bonds. The topological polar surface area (TPSA) is 35.5 Å². The number of hydrogen-bond donors (Lipinski definition) is 2. The van der Waals surface area contributed by atoms with Gasteiger partial charge in [-0.15, -0.1) is 31.4 Å². The average Bonchev–Trinajstić information content (AvgIpc) is 2.43. The second kappa shape index (κ2) is 9.58. The fourth-order valence-electron chi connectivity index (χ4n) is 2.61. The van der Waals surface area contributed by atoms with E-state index in [1.807, 2.05) is 6.92 Å². The molecule has 1 saturated heterocycles. The third-order valence-electron chi connectivity index (χ3n) is 3.58. The van der Waals surface area contributed by atoms with E-state index in [1.54, 1.807) is 0 Å². The van der Waals surface area contributed by atoms with Crippen LogP contribution in [0.1, 0.15) is 24.9 Å². The molecule has 0 unspecified atom stereocenters. The Labute approximate surface area is 148 Å². The molecule has 1 aromatic carbocycles. The number of phenols is 1. The Morgan fingerprint density at radius 3 is 2.55 bits per heavy atom. The summed E-state index contributed by atoms with van der Waals surface area (Å²) in [4.78, 5) is 2.21. The summed E-state index contributed by atoms with van der Waals surface area (Å²) in [6.07, 6.45) is 0.650. The molecule has 1 fully saturated rings. The van der Waals surface area contributed by atoms with Crippen molar-refractivity contribution in [3.63, 3.8) is 0 Å². The summed E-state index contributed by atoms with van der Waals surface area (Å²) < 4.78 is 13.7. The number of hydrogen-bond acceptors (Lipinski definition) is 3. The van der Waals surface area contributed by atoms with Crippen molar-refractivity contribution in [3.05, 3.63) is 40.7 Å². The van der Waals surface area contributed by atoms with Crippen LogP contribution in [-0.2, 0) is 0 Å². The van der Waals surface area contributed by atoms with Crippen molar-refractivity contribution in [2.24, 2.45) is 0 Å². The second-order valence-corrected chi connectivity index (χ2v) is 5.66. The van der Waals surface area contributed by atoms with Gasteiger partial charge in [-0.05, 0) is 25.5 Å². The minimum Gasteiger partial charge on any atom is -0.505 e. The number of piperazine rings is 1. The van der Waals surface area contributed by atoms with Crippen LogP contribution in [0.25, 0.3) is 0 Å². The maximum absolute atomic E-state index is 13.7. The molecule has 2 rings (SSSR count). The minimum atomic E-state index is -0.633. The van der Waals surface area contributed by atoms with Gasteiger partial charge in [-0.3, -0.25) is 4.90 Å². The van der Waals surface area contributed by atoms with E-state index in [-0.39, 0.29) is 36.6 Å². The van der Waals surface area contributed by atoms with Gasteiger partial charge in [0.05, 0.1) is 0 Å². The molecule has 22 heavy (non-hydrogen) atoms. The van der Waals surface area contributed by atoms with E-state index < -0.39 is 5.82 Å². The molecule has 0 aliphatic carbocycles. The van der Waals surface area contributed by atoms with Gasteiger partial charge < -0.3 is 10.4 Å². The molecular formula is C15H22Cl3FN2O. The smallest absolute Gasteiger partial charge is 0.165 e. The summed E-state index contributed by atoms with van der Waals surface area (Å²) in [6.45, 7) is 9.29. The molecule has 2 N–H and O–H groups in total. The molecule has 1 aliphatic heterocycles. The predicted octanol–water partition coefficient (Wildman–Crippen LogP) is 3.94. The van der Waals surface area contributed by atoms with Crippen LogP contribution in [0.5, 0.6) is 5.75 Å². The third-order valence-corrected chi connectivity index (χ3v) is 3.91. The highest BCUT2D eigenvalue weighted by Crippen LogP contribution is 2.39. The van der Waals surface area contributed by atoms with Crippen molar-refractivity contribution < 1.29 is 9.50 Å². The Balaban J connectivity index is 0.00000220. The molecular weight excluding hydrogens is 350 g/mol. The zero-order valence-corrected chi connectivity index (χ0v) is 14.8. The number of rotatable bonds is 4. The van der Waals surface area contributed by atoms with E-state index in [0.29, 0.717) is 17.0 Å². The zero-order chi connectivity index (χ0) is 14.7. The zero-order valence-electron chi connectivity index (χ0n) is 12.4. The van der Waals surface area contributed by atoms with Crippen LogP contribution in [0.2, 0.25) is 5.02 Å². The first-order chi connectivity index (χ1) is 9.50. The van der Waals surface area contributed by atoms with Gasteiger partial charge in [0, 0.05) is 42.8 Å². The van der Waals surface area contributed by atoms with E-state index in [4.69, 9.17) is 11.6 Å². The van der Waals surface area contributed by atoms with Crippen LogP contribution in [-0.4, -0.2) is 36.2 Å². The lowest BCUT2D eigenvalue weighted by Gasteiger charge is -2.36. The maximum atomic E-state index is 13.7. The Morgan fingerprint density at radius 2 is 2.00 bits per heavy atom. The molecule has 7 heteroatoms. The molecule has 1 aromatic rings. The predicted molar refractivity (Wildman–Crippen MR) is 94.2 cm³/mol. The van der Waals surface area contributed by atoms with E-state index in [0.717, 1.165) is 31.8 Å². The van der Waals surface area contributed by atoms with Crippen LogP contribution in [0.4, 0.5) is 4.39 Å². The van der Waals surface area contributed by atoms with Gasteiger partial charge in [-0.2, -0.15) is 0 Å². The molecule has 3 nitrogen and oxygen atoms in total. The van der Waals surface area contributed by atoms with Crippen molar-refractivity contribution in [1.82, 2.24) is 10.2 Å². The quantitative estimate of drug-likeness (QED) is 0.787. The van der Waals surface area contributed by atoms with Crippen molar-refractivity contribution in [2.45, 2.75) is 19.4 Å². The SMILES string of the molecule is C=C(C)C[C@H](c1c(Cl)ccc(F)c1O)N1CCNCC1.Cl.Cl. The number of nitrogens with zero attached hydrogens (tertiary/aromatic N) is 1. The highest BCUT2D eigenvalue weighted by molar-refractivity contribution is 6.31. The summed E-state index contributed by atoms with van der Waals surface area (Å²) in [5, 5.41) is 13.7. The van der Waals surface area contributed by atoms with E-state index in [1.165, 1.54) is 12.1 Å². The Hall–Kier alpha value is -0.520. The van der Waals surface area contributed by atoms with E-state index in [2.05, 4.69) is 16.8 Å². The maximum Gasteiger partial charge on any atom is 0.165 e. The first-order valence-electron chi connectivity index (χ1n) is 6.76. The fraction of sp³-hybridized carbons (Fsp3) is 0.467. The molecule has 126 valence electrons. The molecule has 0 spiro atoms. The Kier molecular flexibility index (Phi) is 9.35. The molecule has 1 atom stereocenters. The van der Waals surface area contributed by atoms with Crippen LogP contribution in [0, 0.1) is 5.82 Å². The van der Waals surface area contributed by atoms with Crippen molar-refractivity contribution in [2.75, 3.05) is 26.2 Å². The van der Waals surface area contributed by atoms with Gasteiger partial charge >= 0.3 is 0 Å². The van der Waals surface area contributed by atoms with Gasteiger partial charge in [0.2, 0.25) is 0 Å². The lowest BCUT2D eigenvalue weighted by molar-refractivity contribution is 0.169. The number of benzene rings is 1. The first-order valence-corrected chi connectivity index (χ1v) is 7.14. The number of nitrogens with one attached hydrogen (secondary N) is 1. The molecule has 0 saturated carbocycles. The lowest BCUT2D eigenvalue weighted by Crippen LogP contribution is -2.45. The van der Waals surface area contributed by atoms with Gasteiger partial charge in [0.25, 0.3) is 0 Å². The number of aromatic hydroxyl groups is 1. The Morgan fingerprint density at radius 1 is 1.41 bits per heavy atom. The molecule has 1 heterocycles. The van der Waals surface area contributed by atoms with Crippen molar-refractivity contribution >= 4 is 36.4 Å². The standard InChI is InChI=1S/C15H20ClFN2O.2ClH/c1-10(2)9-13(19-7-5-18-6-8-19)14-11(16)3-4-12(17)15(14)20;;/h3-4,13,18,20H,1,5-9H2,2H3;2*1H/t13-;;/m1../s1. The third kappa shape index (κ3) is 5.00. The lowest BCUT2D eigenvalue weighted by atomic mass is 9.96. The monoisotopic (exact) mass is 370 g/mol. The second-order valence-electron chi connectivity index (χ2n) is 5.25. The van der Waals surface area contributed by atoms with Gasteiger partial charge in [-0.1, -0.05) is 17.2 Å². The van der Waals surface area contributed by atoms with Gasteiger partial charge in [0.15, 0.2) is 11.6 Å². The van der Waals surface area contributed by atoms with Crippen LogP contribution in [0.15, 0.2) is 24.3 Å².